The average Bonchev–Trinajstić information content (AvgIpc) is 2.86. The summed E-state index contributed by atoms with van der Waals surface area (Å²) in [6, 6.07) is 17.3. The quantitative estimate of drug-likeness (QED) is 0.177. The third-order valence-electron chi connectivity index (χ3n) is 6.14. The van der Waals surface area contributed by atoms with E-state index in [1.807, 2.05) is 62.4 Å². The Hall–Kier alpha value is -3.28. The number of hydrogen-bond acceptors (Lipinski definition) is 5. The molecule has 0 unspecified atom stereocenters. The maximum Gasteiger partial charge on any atom is 0.339 e. The van der Waals surface area contributed by atoms with Crippen LogP contribution in [-0.2, 0) is 22.6 Å². The number of carbonyl (C=O) groups excluding carboxylic acids is 1. The minimum atomic E-state index is -0.442. The van der Waals surface area contributed by atoms with Crippen molar-refractivity contribution in [3.8, 4) is 16.9 Å². The van der Waals surface area contributed by atoms with Crippen LogP contribution in [0.5, 0.6) is 5.75 Å². The van der Waals surface area contributed by atoms with Crippen LogP contribution < -0.4 is 10.4 Å². The van der Waals surface area contributed by atoms with Gasteiger partial charge >= 0.3 is 11.6 Å². The Morgan fingerprint density at radius 1 is 0.917 bits per heavy atom. The highest BCUT2D eigenvalue weighted by atomic mass is 35.5. The second-order valence-corrected chi connectivity index (χ2v) is 9.29. The van der Waals surface area contributed by atoms with Crippen LogP contribution in [-0.4, -0.2) is 12.6 Å². The maximum atomic E-state index is 12.7. The lowest BCUT2D eigenvalue weighted by Gasteiger charge is -2.13. The van der Waals surface area contributed by atoms with Crippen LogP contribution in [0.4, 0.5) is 0 Å². The summed E-state index contributed by atoms with van der Waals surface area (Å²) in [5.74, 6) is 0.305. The first-order chi connectivity index (χ1) is 17.3. The summed E-state index contributed by atoms with van der Waals surface area (Å²) in [4.78, 5) is 24.4. The third-order valence-corrected chi connectivity index (χ3v) is 6.88. The highest BCUT2D eigenvalue weighted by Crippen LogP contribution is 2.31. The average molecular weight is 525 g/mol. The lowest BCUT2D eigenvalue weighted by atomic mass is 10.0. The zero-order chi connectivity index (χ0) is 25.8. The van der Waals surface area contributed by atoms with Gasteiger partial charge in [-0.05, 0) is 73.7 Å². The Morgan fingerprint density at radius 3 is 2.33 bits per heavy atom. The second kappa shape index (κ2) is 11.2. The fourth-order valence-electron chi connectivity index (χ4n) is 4.11. The summed E-state index contributed by atoms with van der Waals surface area (Å²) >= 11 is 12.2. The van der Waals surface area contributed by atoms with Gasteiger partial charge in [0.2, 0.25) is 0 Å². The van der Waals surface area contributed by atoms with E-state index >= 15 is 0 Å². The summed E-state index contributed by atoms with van der Waals surface area (Å²) in [5.41, 5.74) is 5.09. The fourth-order valence-corrected chi connectivity index (χ4v) is 4.40. The summed E-state index contributed by atoms with van der Waals surface area (Å²) in [6.07, 6.45) is 0.410. The van der Waals surface area contributed by atoms with Gasteiger partial charge in [-0.15, -0.1) is 0 Å². The molecular formula is C29H26Cl2O5. The van der Waals surface area contributed by atoms with E-state index in [4.69, 9.17) is 37.1 Å². The van der Waals surface area contributed by atoms with Crippen molar-refractivity contribution in [2.24, 2.45) is 0 Å². The van der Waals surface area contributed by atoms with Crippen LogP contribution in [0.3, 0.4) is 0 Å². The largest absolute Gasteiger partial charge is 0.488 e. The molecule has 0 saturated carbocycles. The molecule has 0 fully saturated rings. The van der Waals surface area contributed by atoms with Gasteiger partial charge in [-0.2, -0.15) is 0 Å². The molecule has 0 radical (unpaired) electrons. The Labute approximate surface area is 219 Å². The van der Waals surface area contributed by atoms with Crippen LogP contribution >= 0.6 is 23.2 Å². The molecule has 0 aliphatic heterocycles. The molecule has 3 aromatic carbocycles. The van der Waals surface area contributed by atoms with Gasteiger partial charge in [0.25, 0.3) is 0 Å². The topological polar surface area (TPSA) is 65.7 Å². The minimum absolute atomic E-state index is 0.134. The third kappa shape index (κ3) is 5.58. The van der Waals surface area contributed by atoms with E-state index < -0.39 is 5.63 Å². The Morgan fingerprint density at radius 2 is 1.64 bits per heavy atom. The molecule has 7 heteroatoms. The molecule has 0 amide bonds. The van der Waals surface area contributed by atoms with Gasteiger partial charge in [-0.25, -0.2) is 4.79 Å². The molecule has 186 valence electrons. The molecule has 36 heavy (non-hydrogen) atoms. The first-order valence-electron chi connectivity index (χ1n) is 11.7. The number of esters is 1. The number of benzene rings is 3. The second-order valence-electron chi connectivity index (χ2n) is 8.48. The summed E-state index contributed by atoms with van der Waals surface area (Å²) in [7, 11) is 0. The van der Waals surface area contributed by atoms with Gasteiger partial charge in [0.1, 0.15) is 17.9 Å². The Kier molecular flexibility index (Phi) is 8.02. The van der Waals surface area contributed by atoms with Gasteiger partial charge in [-0.3, -0.25) is 4.79 Å². The van der Waals surface area contributed by atoms with E-state index in [0.29, 0.717) is 40.2 Å². The van der Waals surface area contributed by atoms with E-state index in [-0.39, 0.29) is 18.8 Å². The van der Waals surface area contributed by atoms with E-state index in [1.54, 1.807) is 13.0 Å². The summed E-state index contributed by atoms with van der Waals surface area (Å²) < 4.78 is 16.7. The molecule has 0 N–H and O–H groups in total. The molecule has 1 aromatic heterocycles. The molecule has 1 heterocycles. The predicted molar refractivity (Wildman–Crippen MR) is 143 cm³/mol. The van der Waals surface area contributed by atoms with Crippen molar-refractivity contribution in [1.29, 1.82) is 0 Å². The summed E-state index contributed by atoms with van der Waals surface area (Å²) in [6.45, 7) is 6.16. The first-order valence-corrected chi connectivity index (χ1v) is 12.4. The predicted octanol–water partition coefficient (Wildman–Crippen LogP) is 7.46. The van der Waals surface area contributed by atoms with Crippen molar-refractivity contribution >= 4 is 40.1 Å². The summed E-state index contributed by atoms with van der Waals surface area (Å²) in [5, 5.41) is 1.86. The molecule has 0 bridgehead atoms. The highest BCUT2D eigenvalue weighted by molar-refractivity contribution is 6.42. The smallest absolute Gasteiger partial charge is 0.339 e. The van der Waals surface area contributed by atoms with Crippen LogP contribution in [0.1, 0.15) is 35.6 Å². The van der Waals surface area contributed by atoms with Gasteiger partial charge in [0.15, 0.2) is 0 Å². The molecule has 0 aliphatic rings. The van der Waals surface area contributed by atoms with E-state index in [2.05, 4.69) is 0 Å². The highest BCUT2D eigenvalue weighted by Gasteiger charge is 2.16. The SMILES string of the molecule is CCOC(=O)CCc1c(C)c2ccc(OCc3ccc(-c4ccc(Cl)c(Cl)c4)cc3)c(C)c2oc1=O. The number of rotatable bonds is 8. The van der Waals surface area contributed by atoms with Crippen molar-refractivity contribution in [2.75, 3.05) is 6.61 Å². The molecule has 4 rings (SSSR count). The molecule has 0 spiro atoms. The van der Waals surface area contributed by atoms with Gasteiger partial charge in [0.05, 0.1) is 16.7 Å². The first kappa shape index (κ1) is 25.8. The number of halogens is 2. The van der Waals surface area contributed by atoms with Crippen LogP contribution in [0.25, 0.3) is 22.1 Å². The molecule has 0 saturated heterocycles. The van der Waals surface area contributed by atoms with Crippen molar-refractivity contribution in [2.45, 2.75) is 40.2 Å². The van der Waals surface area contributed by atoms with Gasteiger partial charge in [-0.1, -0.05) is 53.5 Å². The molecular weight excluding hydrogens is 499 g/mol. The van der Waals surface area contributed by atoms with Gasteiger partial charge in [0, 0.05) is 22.9 Å². The van der Waals surface area contributed by atoms with Crippen molar-refractivity contribution in [1.82, 2.24) is 0 Å². The normalized spacial score (nSPS) is 11.0. The number of ether oxygens (including phenoxy) is 2. The lowest BCUT2D eigenvalue weighted by Crippen LogP contribution is -2.14. The monoisotopic (exact) mass is 524 g/mol. The molecule has 0 aliphatic carbocycles. The standard InChI is InChI=1S/C29H26Cl2O5/c1-4-34-27(32)14-11-23-17(2)22-10-13-26(18(3)28(22)36-29(23)33)35-16-19-5-7-20(8-6-19)21-9-12-24(30)25(31)15-21/h5-10,12-13,15H,4,11,14,16H2,1-3H3. The van der Waals surface area contributed by atoms with Crippen molar-refractivity contribution in [3.05, 3.63) is 97.3 Å². The van der Waals surface area contributed by atoms with E-state index in [0.717, 1.165) is 33.2 Å². The zero-order valence-electron chi connectivity index (χ0n) is 20.3. The van der Waals surface area contributed by atoms with E-state index in [9.17, 15) is 9.59 Å². The van der Waals surface area contributed by atoms with Crippen LogP contribution in [0.15, 0.2) is 63.8 Å². The molecule has 0 atom stereocenters. The number of fused-ring (bicyclic) bond motifs is 1. The minimum Gasteiger partial charge on any atom is -0.488 e. The van der Waals surface area contributed by atoms with Crippen LogP contribution in [0, 0.1) is 13.8 Å². The molecule has 5 nitrogen and oxygen atoms in total. The number of carbonyl (C=O) groups is 1. The fraction of sp³-hybridized carbons (Fsp3) is 0.241. The number of aryl methyl sites for hydroxylation is 2. The lowest BCUT2D eigenvalue weighted by molar-refractivity contribution is -0.143. The number of hydrogen-bond donors (Lipinski definition) is 0. The Bertz CT molecular complexity index is 1470. The zero-order valence-corrected chi connectivity index (χ0v) is 21.8. The van der Waals surface area contributed by atoms with E-state index in [1.165, 1.54) is 0 Å². The maximum absolute atomic E-state index is 12.7. The van der Waals surface area contributed by atoms with Crippen molar-refractivity contribution < 1.29 is 18.7 Å². The molecule has 4 aromatic rings. The van der Waals surface area contributed by atoms with Crippen LogP contribution in [0.2, 0.25) is 10.0 Å². The Balaban J connectivity index is 1.51. The van der Waals surface area contributed by atoms with Gasteiger partial charge < -0.3 is 13.9 Å². The van der Waals surface area contributed by atoms with Crippen molar-refractivity contribution in [3.63, 3.8) is 0 Å².